The number of aromatic nitrogens is 2. The third-order valence-electron chi connectivity index (χ3n) is 7.71. The van der Waals surface area contributed by atoms with Crippen LogP contribution in [0, 0.1) is 11.3 Å². The summed E-state index contributed by atoms with van der Waals surface area (Å²) in [6.07, 6.45) is 5.89. The highest BCUT2D eigenvalue weighted by Crippen LogP contribution is 2.47. The van der Waals surface area contributed by atoms with Crippen molar-refractivity contribution in [2.24, 2.45) is 11.3 Å². The Hall–Kier alpha value is -2.70. The molecule has 0 spiro atoms. The normalized spacial score (nSPS) is 22.8. The topological polar surface area (TPSA) is 57.4 Å². The lowest BCUT2D eigenvalue weighted by Gasteiger charge is -2.52. The predicted octanol–water partition coefficient (Wildman–Crippen LogP) is 4.14. The monoisotopic (exact) mass is 445 g/mol. The van der Waals surface area contributed by atoms with Crippen LogP contribution >= 0.6 is 0 Å². The lowest BCUT2D eigenvalue weighted by molar-refractivity contribution is 0.0125. The van der Waals surface area contributed by atoms with E-state index in [1.807, 2.05) is 12.4 Å². The van der Waals surface area contributed by atoms with Crippen molar-refractivity contribution in [3.63, 3.8) is 0 Å². The van der Waals surface area contributed by atoms with Gasteiger partial charge in [0.2, 0.25) is 0 Å². The highest BCUT2D eigenvalue weighted by molar-refractivity contribution is 5.46. The molecule has 0 radical (unpaired) electrons. The van der Waals surface area contributed by atoms with E-state index in [-0.39, 0.29) is 5.41 Å². The van der Waals surface area contributed by atoms with Crippen LogP contribution in [0.4, 0.5) is 5.69 Å². The van der Waals surface area contributed by atoms with Gasteiger partial charge >= 0.3 is 0 Å². The van der Waals surface area contributed by atoms with Gasteiger partial charge in [0.05, 0.1) is 12.2 Å². The van der Waals surface area contributed by atoms with Gasteiger partial charge in [-0.2, -0.15) is 0 Å². The summed E-state index contributed by atoms with van der Waals surface area (Å²) in [4.78, 5) is 9.03. The van der Waals surface area contributed by atoms with E-state index in [9.17, 15) is 0 Å². The minimum Gasteiger partial charge on any atom is -0.369 e. The maximum atomic E-state index is 5.72. The average molecular weight is 446 g/mol. The molecule has 1 aliphatic heterocycles. The van der Waals surface area contributed by atoms with Gasteiger partial charge in [0.1, 0.15) is 0 Å². The number of pyridine rings is 1. The van der Waals surface area contributed by atoms with E-state index >= 15 is 0 Å². The van der Waals surface area contributed by atoms with Crippen LogP contribution in [0.25, 0.3) is 0 Å². The van der Waals surface area contributed by atoms with Crippen molar-refractivity contribution in [3.05, 3.63) is 77.9 Å². The maximum absolute atomic E-state index is 5.72. The number of piperazine rings is 1. The molecular formula is C27H35N5O. The number of benzene rings is 1. The minimum absolute atomic E-state index is 0.250. The molecule has 2 atom stereocenters. The molecular weight excluding hydrogens is 410 g/mol. The van der Waals surface area contributed by atoms with Crippen LogP contribution in [0.15, 0.2) is 65.4 Å². The first-order valence-corrected chi connectivity index (χ1v) is 12.2. The molecule has 6 heteroatoms. The summed E-state index contributed by atoms with van der Waals surface area (Å²) < 4.78 is 5.72. The average Bonchev–Trinajstić information content (AvgIpc) is 3.29. The Kier molecular flexibility index (Phi) is 6.47. The summed E-state index contributed by atoms with van der Waals surface area (Å²) in [5, 5.41) is 8.14. The number of nitrogens with one attached hydrogen (secondary N) is 1. The van der Waals surface area contributed by atoms with Crippen LogP contribution in [0.1, 0.15) is 37.3 Å². The standard InChI is InChI=1S/C27H35N5O/c1-27(2)22(17-26(27)29-19-21-8-10-28-11-9-21)16-23-18-25(33-30-23)20-31-12-14-32(15-13-31)24-6-4-3-5-7-24/h3-11,18,22,26,29H,12-17,19-20H2,1-2H3/t22-,26+/m1/s1. The summed E-state index contributed by atoms with van der Waals surface area (Å²) in [5.74, 6) is 1.61. The van der Waals surface area contributed by atoms with Crippen molar-refractivity contribution in [1.82, 2.24) is 20.4 Å². The van der Waals surface area contributed by atoms with Gasteiger partial charge in [-0.15, -0.1) is 0 Å². The Morgan fingerprint density at radius 1 is 1.03 bits per heavy atom. The Morgan fingerprint density at radius 3 is 2.52 bits per heavy atom. The molecule has 2 aliphatic rings. The summed E-state index contributed by atoms with van der Waals surface area (Å²) >= 11 is 0. The van der Waals surface area contributed by atoms with Gasteiger partial charge < -0.3 is 14.7 Å². The Morgan fingerprint density at radius 2 is 1.79 bits per heavy atom. The molecule has 174 valence electrons. The molecule has 1 aliphatic carbocycles. The van der Waals surface area contributed by atoms with E-state index in [0.717, 1.165) is 57.1 Å². The van der Waals surface area contributed by atoms with Crippen LogP contribution in [-0.4, -0.2) is 47.3 Å². The Balaban J connectivity index is 1.08. The van der Waals surface area contributed by atoms with E-state index < -0.39 is 0 Å². The number of para-hydroxylation sites is 1. The molecule has 6 nitrogen and oxygen atoms in total. The molecule has 1 aromatic carbocycles. The van der Waals surface area contributed by atoms with Crippen LogP contribution < -0.4 is 10.2 Å². The molecule has 3 heterocycles. The quantitative estimate of drug-likeness (QED) is 0.562. The fourth-order valence-corrected chi connectivity index (χ4v) is 5.25. The van der Waals surface area contributed by atoms with Crippen LogP contribution in [0.2, 0.25) is 0 Å². The largest absolute Gasteiger partial charge is 0.369 e. The van der Waals surface area contributed by atoms with Crippen molar-refractivity contribution < 1.29 is 4.52 Å². The van der Waals surface area contributed by atoms with Crippen LogP contribution in [0.3, 0.4) is 0 Å². The number of nitrogens with zero attached hydrogens (tertiary/aromatic N) is 4. The molecule has 1 saturated heterocycles. The highest BCUT2D eigenvalue weighted by atomic mass is 16.5. The first-order valence-electron chi connectivity index (χ1n) is 12.2. The molecule has 0 bridgehead atoms. The van der Waals surface area contributed by atoms with E-state index in [4.69, 9.17) is 4.52 Å². The first kappa shape index (κ1) is 22.1. The summed E-state index contributed by atoms with van der Waals surface area (Å²) in [7, 11) is 0. The van der Waals surface area contributed by atoms with E-state index in [1.165, 1.54) is 17.7 Å². The minimum atomic E-state index is 0.250. The lowest BCUT2D eigenvalue weighted by atomic mass is 9.57. The van der Waals surface area contributed by atoms with E-state index in [1.54, 1.807) is 0 Å². The zero-order valence-electron chi connectivity index (χ0n) is 19.8. The molecule has 3 aromatic rings. The first-order chi connectivity index (χ1) is 16.1. The molecule has 33 heavy (non-hydrogen) atoms. The van der Waals surface area contributed by atoms with Crippen molar-refractivity contribution in [1.29, 1.82) is 0 Å². The van der Waals surface area contributed by atoms with Gasteiger partial charge in [0, 0.05) is 62.9 Å². The molecule has 1 saturated carbocycles. The molecule has 0 unspecified atom stereocenters. The number of hydrogen-bond donors (Lipinski definition) is 1. The molecule has 1 N–H and O–H groups in total. The fourth-order valence-electron chi connectivity index (χ4n) is 5.25. The molecule has 5 rings (SSSR count). The molecule has 2 fully saturated rings. The number of rotatable bonds is 8. The molecule has 0 amide bonds. The Labute approximate surface area is 197 Å². The predicted molar refractivity (Wildman–Crippen MR) is 131 cm³/mol. The van der Waals surface area contributed by atoms with Gasteiger partial charge in [-0.05, 0) is 54.0 Å². The number of hydrogen-bond acceptors (Lipinski definition) is 6. The second kappa shape index (κ2) is 9.65. The summed E-state index contributed by atoms with van der Waals surface area (Å²) in [6.45, 7) is 10.7. The smallest absolute Gasteiger partial charge is 0.150 e. The van der Waals surface area contributed by atoms with Gasteiger partial charge in [0.15, 0.2) is 5.76 Å². The fraction of sp³-hybridized carbons (Fsp3) is 0.481. The van der Waals surface area contributed by atoms with Crippen molar-refractivity contribution in [2.45, 2.75) is 45.8 Å². The Bertz CT molecular complexity index is 1010. The second-order valence-corrected chi connectivity index (χ2v) is 10.1. The third kappa shape index (κ3) is 5.12. The van der Waals surface area contributed by atoms with E-state index in [0.29, 0.717) is 12.0 Å². The van der Waals surface area contributed by atoms with Gasteiger partial charge in [-0.3, -0.25) is 9.88 Å². The SMILES string of the molecule is CC1(C)[C@H](Cc2cc(CN3CCN(c4ccccc4)CC3)on2)C[C@@H]1NCc1ccncc1. The van der Waals surface area contributed by atoms with Crippen molar-refractivity contribution >= 4 is 5.69 Å². The molecule has 2 aromatic heterocycles. The van der Waals surface area contributed by atoms with Crippen LogP contribution in [-0.2, 0) is 19.5 Å². The summed E-state index contributed by atoms with van der Waals surface area (Å²) in [5.41, 5.74) is 3.95. The lowest BCUT2D eigenvalue weighted by Crippen LogP contribution is -2.57. The maximum Gasteiger partial charge on any atom is 0.150 e. The van der Waals surface area contributed by atoms with Gasteiger partial charge in [0.25, 0.3) is 0 Å². The van der Waals surface area contributed by atoms with Gasteiger partial charge in [-0.25, -0.2) is 0 Å². The summed E-state index contributed by atoms with van der Waals surface area (Å²) in [6, 6.07) is 17.6. The van der Waals surface area contributed by atoms with Crippen LogP contribution in [0.5, 0.6) is 0 Å². The van der Waals surface area contributed by atoms with E-state index in [2.05, 4.69) is 87.6 Å². The third-order valence-corrected chi connectivity index (χ3v) is 7.71. The highest BCUT2D eigenvalue weighted by Gasteiger charge is 2.47. The van der Waals surface area contributed by atoms with Crippen molar-refractivity contribution in [2.75, 3.05) is 31.1 Å². The number of anilines is 1. The van der Waals surface area contributed by atoms with Crippen molar-refractivity contribution in [3.8, 4) is 0 Å². The second-order valence-electron chi connectivity index (χ2n) is 10.1. The zero-order chi connectivity index (χ0) is 22.7. The zero-order valence-corrected chi connectivity index (χ0v) is 19.8. The van der Waals surface area contributed by atoms with Gasteiger partial charge in [-0.1, -0.05) is 37.2 Å².